The van der Waals surface area contributed by atoms with Crippen LogP contribution in [0.5, 0.6) is 5.75 Å². The highest BCUT2D eigenvalue weighted by Crippen LogP contribution is 2.26. The van der Waals surface area contributed by atoms with Crippen LogP contribution in [0, 0.1) is 0 Å². The molecule has 0 bridgehead atoms. The average molecular weight is 309 g/mol. The Morgan fingerprint density at radius 2 is 1.74 bits per heavy atom. The van der Waals surface area contributed by atoms with Crippen LogP contribution in [0.2, 0.25) is 0 Å². The van der Waals surface area contributed by atoms with Gasteiger partial charge in [0.05, 0.1) is 17.6 Å². The highest BCUT2D eigenvalue weighted by molar-refractivity contribution is 5.76. The van der Waals surface area contributed by atoms with Crippen LogP contribution in [0.4, 0.5) is 5.69 Å². The van der Waals surface area contributed by atoms with Crippen molar-refractivity contribution in [2.75, 3.05) is 12.3 Å². The standard InChI is InChI=1S/C19H23N3O/c1-19(2,3)18-21-16-6-4-5-7-17(16)22(18)12-13-23-15-10-8-14(20)9-11-15/h4-11H,12-13,20H2,1-3H3. The first-order chi connectivity index (χ1) is 10.9. The van der Waals surface area contributed by atoms with Gasteiger partial charge in [0.15, 0.2) is 0 Å². The van der Waals surface area contributed by atoms with E-state index in [0.29, 0.717) is 6.61 Å². The molecule has 23 heavy (non-hydrogen) atoms. The van der Waals surface area contributed by atoms with Crippen LogP contribution >= 0.6 is 0 Å². The summed E-state index contributed by atoms with van der Waals surface area (Å²) in [5, 5.41) is 0. The number of fused-ring (bicyclic) bond motifs is 1. The number of rotatable bonds is 4. The van der Waals surface area contributed by atoms with Crippen molar-refractivity contribution in [1.29, 1.82) is 0 Å². The number of nitrogen functional groups attached to an aromatic ring is 1. The fourth-order valence-electron chi connectivity index (χ4n) is 2.69. The van der Waals surface area contributed by atoms with Crippen molar-refractivity contribution in [3.63, 3.8) is 0 Å². The lowest BCUT2D eigenvalue weighted by Crippen LogP contribution is -2.21. The highest BCUT2D eigenvalue weighted by atomic mass is 16.5. The molecule has 0 saturated heterocycles. The van der Waals surface area contributed by atoms with E-state index in [1.807, 2.05) is 36.4 Å². The summed E-state index contributed by atoms with van der Waals surface area (Å²) in [6.07, 6.45) is 0. The molecule has 0 aliphatic carbocycles. The SMILES string of the molecule is CC(C)(C)c1nc2ccccc2n1CCOc1ccc(N)cc1. The fourth-order valence-corrected chi connectivity index (χ4v) is 2.69. The Hall–Kier alpha value is -2.49. The van der Waals surface area contributed by atoms with Crippen LogP contribution in [0.1, 0.15) is 26.6 Å². The molecule has 1 aromatic heterocycles. The van der Waals surface area contributed by atoms with E-state index in [1.165, 1.54) is 0 Å². The Kier molecular flexibility index (Phi) is 3.99. The van der Waals surface area contributed by atoms with E-state index in [1.54, 1.807) is 0 Å². The number of para-hydroxylation sites is 2. The molecule has 2 aromatic carbocycles. The van der Waals surface area contributed by atoms with Gasteiger partial charge in [-0.3, -0.25) is 0 Å². The lowest BCUT2D eigenvalue weighted by Gasteiger charge is -2.20. The van der Waals surface area contributed by atoms with Gasteiger partial charge in [-0.2, -0.15) is 0 Å². The van der Waals surface area contributed by atoms with Crippen molar-refractivity contribution in [3.05, 3.63) is 54.4 Å². The first kappa shape index (κ1) is 15.4. The van der Waals surface area contributed by atoms with Gasteiger partial charge in [-0.05, 0) is 36.4 Å². The van der Waals surface area contributed by atoms with E-state index in [2.05, 4.69) is 37.5 Å². The minimum Gasteiger partial charge on any atom is -0.492 e. The number of hydrogen-bond acceptors (Lipinski definition) is 3. The van der Waals surface area contributed by atoms with Gasteiger partial charge in [-0.1, -0.05) is 32.9 Å². The third-order valence-corrected chi connectivity index (χ3v) is 3.79. The number of imidazole rings is 1. The fraction of sp³-hybridized carbons (Fsp3) is 0.316. The molecule has 0 aliphatic heterocycles. The molecule has 0 radical (unpaired) electrons. The molecule has 0 saturated carbocycles. The summed E-state index contributed by atoms with van der Waals surface area (Å²) in [5.41, 5.74) is 8.61. The van der Waals surface area contributed by atoms with Crippen molar-refractivity contribution in [1.82, 2.24) is 9.55 Å². The van der Waals surface area contributed by atoms with Crippen molar-refractivity contribution in [3.8, 4) is 5.75 Å². The predicted octanol–water partition coefficient (Wildman–Crippen LogP) is 4.00. The third kappa shape index (κ3) is 3.31. The quantitative estimate of drug-likeness (QED) is 0.741. The Balaban J connectivity index is 1.82. The normalized spacial score (nSPS) is 11.8. The van der Waals surface area contributed by atoms with Gasteiger partial charge < -0.3 is 15.0 Å². The number of aromatic nitrogens is 2. The van der Waals surface area contributed by atoms with Crippen LogP contribution < -0.4 is 10.5 Å². The molecule has 0 aliphatic rings. The molecule has 1 heterocycles. The summed E-state index contributed by atoms with van der Waals surface area (Å²) in [5.74, 6) is 1.92. The Bertz CT molecular complexity index is 798. The maximum absolute atomic E-state index is 5.85. The summed E-state index contributed by atoms with van der Waals surface area (Å²) in [6, 6.07) is 15.7. The molecule has 3 aromatic rings. The van der Waals surface area contributed by atoms with Crippen LogP contribution in [0.15, 0.2) is 48.5 Å². The number of nitrogens with zero attached hydrogens (tertiary/aromatic N) is 2. The maximum atomic E-state index is 5.85. The minimum absolute atomic E-state index is 0.0137. The first-order valence-electron chi connectivity index (χ1n) is 7.89. The Morgan fingerprint density at radius 1 is 1.04 bits per heavy atom. The number of anilines is 1. The van der Waals surface area contributed by atoms with E-state index in [0.717, 1.165) is 34.8 Å². The van der Waals surface area contributed by atoms with Gasteiger partial charge in [-0.15, -0.1) is 0 Å². The van der Waals surface area contributed by atoms with Crippen LogP contribution in [0.25, 0.3) is 11.0 Å². The largest absolute Gasteiger partial charge is 0.492 e. The predicted molar refractivity (Wildman–Crippen MR) is 94.8 cm³/mol. The monoisotopic (exact) mass is 309 g/mol. The van der Waals surface area contributed by atoms with E-state index in [-0.39, 0.29) is 5.41 Å². The summed E-state index contributed by atoms with van der Waals surface area (Å²) in [7, 11) is 0. The van der Waals surface area contributed by atoms with Crippen LogP contribution in [-0.4, -0.2) is 16.2 Å². The molecular weight excluding hydrogens is 286 g/mol. The number of ether oxygens (including phenoxy) is 1. The molecular formula is C19H23N3O. The summed E-state index contributed by atoms with van der Waals surface area (Å²) < 4.78 is 8.10. The number of hydrogen-bond donors (Lipinski definition) is 1. The van der Waals surface area contributed by atoms with Gasteiger partial charge in [0, 0.05) is 11.1 Å². The van der Waals surface area contributed by atoms with Gasteiger partial charge in [-0.25, -0.2) is 4.98 Å². The molecule has 3 rings (SSSR count). The van der Waals surface area contributed by atoms with Crippen LogP contribution in [-0.2, 0) is 12.0 Å². The molecule has 4 nitrogen and oxygen atoms in total. The molecule has 0 unspecified atom stereocenters. The second-order valence-electron chi connectivity index (χ2n) is 6.74. The maximum Gasteiger partial charge on any atom is 0.119 e. The van der Waals surface area contributed by atoms with Crippen molar-refractivity contribution in [2.24, 2.45) is 0 Å². The molecule has 2 N–H and O–H groups in total. The lowest BCUT2D eigenvalue weighted by atomic mass is 9.95. The zero-order chi connectivity index (χ0) is 16.4. The smallest absolute Gasteiger partial charge is 0.119 e. The van der Waals surface area contributed by atoms with Gasteiger partial charge in [0.1, 0.15) is 18.2 Å². The topological polar surface area (TPSA) is 53.1 Å². The van der Waals surface area contributed by atoms with Crippen molar-refractivity contribution in [2.45, 2.75) is 32.7 Å². The average Bonchev–Trinajstić information content (AvgIpc) is 2.89. The minimum atomic E-state index is -0.0137. The van der Waals surface area contributed by atoms with E-state index in [4.69, 9.17) is 15.5 Å². The lowest BCUT2D eigenvalue weighted by molar-refractivity contribution is 0.295. The summed E-state index contributed by atoms with van der Waals surface area (Å²) in [4.78, 5) is 4.81. The highest BCUT2D eigenvalue weighted by Gasteiger charge is 2.22. The van der Waals surface area contributed by atoms with Crippen molar-refractivity contribution >= 4 is 16.7 Å². The van der Waals surface area contributed by atoms with E-state index in [9.17, 15) is 0 Å². The molecule has 4 heteroatoms. The first-order valence-corrected chi connectivity index (χ1v) is 7.89. The second-order valence-corrected chi connectivity index (χ2v) is 6.74. The number of nitrogens with two attached hydrogens (primary N) is 1. The zero-order valence-corrected chi connectivity index (χ0v) is 13.9. The molecule has 0 amide bonds. The molecule has 0 atom stereocenters. The van der Waals surface area contributed by atoms with Gasteiger partial charge in [0.2, 0.25) is 0 Å². The van der Waals surface area contributed by atoms with Gasteiger partial charge in [0.25, 0.3) is 0 Å². The van der Waals surface area contributed by atoms with Crippen LogP contribution in [0.3, 0.4) is 0 Å². The second kappa shape index (κ2) is 5.95. The Labute approximate surface area is 136 Å². The summed E-state index contributed by atoms with van der Waals surface area (Å²) >= 11 is 0. The molecule has 0 fully saturated rings. The van der Waals surface area contributed by atoms with Gasteiger partial charge >= 0.3 is 0 Å². The van der Waals surface area contributed by atoms with E-state index < -0.39 is 0 Å². The zero-order valence-electron chi connectivity index (χ0n) is 13.9. The van der Waals surface area contributed by atoms with Crippen molar-refractivity contribution < 1.29 is 4.74 Å². The number of benzene rings is 2. The molecule has 0 spiro atoms. The summed E-state index contributed by atoms with van der Waals surface area (Å²) in [6.45, 7) is 7.91. The molecule has 120 valence electrons. The Morgan fingerprint density at radius 3 is 2.43 bits per heavy atom. The van der Waals surface area contributed by atoms with E-state index >= 15 is 0 Å². The third-order valence-electron chi connectivity index (χ3n) is 3.79.